The Morgan fingerprint density at radius 1 is 1.65 bits per heavy atom. The lowest BCUT2D eigenvalue weighted by Gasteiger charge is -2.15. The minimum atomic E-state index is -3.79. The zero-order valence-corrected chi connectivity index (χ0v) is 13.2. The third-order valence-electron chi connectivity index (χ3n) is 2.91. The number of carbonyl (C=O) groups excluding carboxylic acids is 1. The molecule has 20 heavy (non-hydrogen) atoms. The SMILES string of the molecule is COC(=O)c1ncsc1S(=O)(=O)NC(CN)C1CC1.Cl. The normalized spacial score (nSPS) is 16.3. The summed E-state index contributed by atoms with van der Waals surface area (Å²) in [6, 6.07) is -0.294. The fourth-order valence-electron chi connectivity index (χ4n) is 1.75. The molecule has 2 rings (SSSR count). The van der Waals surface area contributed by atoms with Crippen LogP contribution < -0.4 is 10.5 Å². The summed E-state index contributed by atoms with van der Waals surface area (Å²) in [5.41, 5.74) is 6.68. The number of methoxy groups -OCH3 is 1. The second-order valence-electron chi connectivity index (χ2n) is 4.28. The van der Waals surface area contributed by atoms with E-state index < -0.39 is 16.0 Å². The Bertz CT molecular complexity index is 571. The van der Waals surface area contributed by atoms with Crippen LogP contribution in [0.5, 0.6) is 0 Å². The molecule has 1 heterocycles. The molecule has 10 heteroatoms. The van der Waals surface area contributed by atoms with E-state index in [4.69, 9.17) is 5.73 Å². The van der Waals surface area contributed by atoms with Gasteiger partial charge < -0.3 is 10.5 Å². The van der Waals surface area contributed by atoms with Crippen molar-refractivity contribution in [1.29, 1.82) is 0 Å². The van der Waals surface area contributed by atoms with Crippen molar-refractivity contribution in [3.8, 4) is 0 Å². The molecule has 0 spiro atoms. The van der Waals surface area contributed by atoms with Crippen molar-refractivity contribution in [2.45, 2.75) is 23.1 Å². The Kier molecular flexibility index (Phi) is 5.90. The molecule has 1 saturated carbocycles. The van der Waals surface area contributed by atoms with E-state index in [1.54, 1.807) is 0 Å². The van der Waals surface area contributed by atoms with Gasteiger partial charge in [-0.15, -0.1) is 23.7 Å². The molecule has 1 aromatic rings. The molecule has 1 aliphatic carbocycles. The predicted octanol–water partition coefficient (Wildman–Crippen LogP) is 0.367. The van der Waals surface area contributed by atoms with Crippen LogP contribution in [0.25, 0.3) is 0 Å². The first-order chi connectivity index (χ1) is 8.99. The molecule has 0 radical (unpaired) electrons. The van der Waals surface area contributed by atoms with Crippen LogP contribution in [0.3, 0.4) is 0 Å². The van der Waals surface area contributed by atoms with Crippen molar-refractivity contribution in [3.63, 3.8) is 0 Å². The number of esters is 1. The van der Waals surface area contributed by atoms with Crippen LogP contribution in [0.1, 0.15) is 23.3 Å². The fraction of sp³-hybridized carbons (Fsp3) is 0.600. The third kappa shape index (κ3) is 3.67. The first kappa shape index (κ1) is 17.3. The number of hydrogen-bond acceptors (Lipinski definition) is 7. The number of carbonyl (C=O) groups is 1. The van der Waals surface area contributed by atoms with Gasteiger partial charge in [-0.3, -0.25) is 0 Å². The molecule has 3 N–H and O–H groups in total. The van der Waals surface area contributed by atoms with Crippen LogP contribution in [0, 0.1) is 5.92 Å². The van der Waals surface area contributed by atoms with Crippen molar-refractivity contribution in [1.82, 2.24) is 9.71 Å². The lowest BCUT2D eigenvalue weighted by molar-refractivity contribution is 0.0590. The molecule has 1 fully saturated rings. The highest BCUT2D eigenvalue weighted by Crippen LogP contribution is 2.33. The summed E-state index contributed by atoms with van der Waals surface area (Å²) in [4.78, 5) is 15.2. The number of nitrogens with zero attached hydrogens (tertiary/aromatic N) is 1. The van der Waals surface area contributed by atoms with Crippen molar-refractivity contribution in [2.24, 2.45) is 11.7 Å². The molecule has 0 bridgehead atoms. The second-order valence-corrected chi connectivity index (χ2v) is 7.04. The fourth-order valence-corrected chi connectivity index (χ4v) is 4.21. The topological polar surface area (TPSA) is 111 Å². The average molecular weight is 342 g/mol. The van der Waals surface area contributed by atoms with Crippen LogP contribution in [-0.2, 0) is 14.8 Å². The lowest BCUT2D eigenvalue weighted by Crippen LogP contribution is -2.41. The highest BCUT2D eigenvalue weighted by Gasteiger charge is 2.35. The van der Waals surface area contributed by atoms with Crippen molar-refractivity contribution in [2.75, 3.05) is 13.7 Å². The Labute approximate surface area is 127 Å². The maximum atomic E-state index is 12.2. The highest BCUT2D eigenvalue weighted by atomic mass is 35.5. The third-order valence-corrected chi connectivity index (χ3v) is 5.77. The number of hydrogen-bond donors (Lipinski definition) is 2. The van der Waals surface area contributed by atoms with Gasteiger partial charge in [0.05, 0.1) is 12.6 Å². The van der Waals surface area contributed by atoms with E-state index in [2.05, 4.69) is 14.4 Å². The van der Waals surface area contributed by atoms with E-state index in [1.807, 2.05) is 0 Å². The Morgan fingerprint density at radius 3 is 2.80 bits per heavy atom. The smallest absolute Gasteiger partial charge is 0.358 e. The van der Waals surface area contributed by atoms with E-state index in [-0.39, 0.29) is 40.8 Å². The molecular formula is C10H16ClN3O4S2. The molecule has 0 aliphatic heterocycles. The largest absolute Gasteiger partial charge is 0.464 e. The molecule has 0 amide bonds. The standard InChI is InChI=1S/C10H15N3O4S2.ClH/c1-17-9(14)8-10(18-5-12-8)19(15,16)13-7(4-11)6-2-3-6;/h5-7,13H,2-4,11H2,1H3;1H. The molecule has 1 unspecified atom stereocenters. The minimum absolute atomic E-state index is 0. The van der Waals surface area contributed by atoms with E-state index in [9.17, 15) is 13.2 Å². The maximum absolute atomic E-state index is 12.2. The first-order valence-electron chi connectivity index (χ1n) is 5.73. The monoisotopic (exact) mass is 341 g/mol. The Balaban J connectivity index is 0.00000200. The molecule has 0 aromatic carbocycles. The number of halogens is 1. The van der Waals surface area contributed by atoms with Crippen LogP contribution in [0.4, 0.5) is 0 Å². The van der Waals surface area contributed by atoms with Gasteiger partial charge in [0.25, 0.3) is 10.0 Å². The van der Waals surface area contributed by atoms with E-state index >= 15 is 0 Å². The van der Waals surface area contributed by atoms with Gasteiger partial charge in [0.15, 0.2) is 9.90 Å². The molecule has 114 valence electrons. The molecule has 0 saturated heterocycles. The number of sulfonamides is 1. The maximum Gasteiger partial charge on any atom is 0.358 e. The second kappa shape index (κ2) is 6.81. The number of ether oxygens (including phenoxy) is 1. The summed E-state index contributed by atoms with van der Waals surface area (Å²) in [7, 11) is -2.61. The van der Waals surface area contributed by atoms with Gasteiger partial charge in [0.2, 0.25) is 0 Å². The van der Waals surface area contributed by atoms with Gasteiger partial charge in [-0.25, -0.2) is 22.9 Å². The van der Waals surface area contributed by atoms with Gasteiger partial charge in [0, 0.05) is 12.6 Å². The average Bonchev–Trinajstić information content (AvgIpc) is 3.10. The van der Waals surface area contributed by atoms with E-state index in [1.165, 1.54) is 12.6 Å². The van der Waals surface area contributed by atoms with Gasteiger partial charge in [-0.2, -0.15) is 0 Å². The van der Waals surface area contributed by atoms with Gasteiger partial charge in [0.1, 0.15) is 0 Å². The predicted molar refractivity (Wildman–Crippen MR) is 76.6 cm³/mol. The number of aromatic nitrogens is 1. The zero-order valence-electron chi connectivity index (χ0n) is 10.7. The van der Waals surface area contributed by atoms with E-state index in [0.717, 1.165) is 24.2 Å². The Hall–Kier alpha value is -0.740. The minimum Gasteiger partial charge on any atom is -0.464 e. The van der Waals surface area contributed by atoms with Crippen LogP contribution in [0.15, 0.2) is 9.72 Å². The van der Waals surface area contributed by atoms with Crippen LogP contribution in [-0.4, -0.2) is 39.1 Å². The molecule has 7 nitrogen and oxygen atoms in total. The highest BCUT2D eigenvalue weighted by molar-refractivity contribution is 7.91. The van der Waals surface area contributed by atoms with E-state index in [0.29, 0.717) is 0 Å². The summed E-state index contributed by atoms with van der Waals surface area (Å²) in [6.45, 7) is 0.232. The molecule has 1 aromatic heterocycles. The quantitative estimate of drug-likeness (QED) is 0.723. The summed E-state index contributed by atoms with van der Waals surface area (Å²) in [6.07, 6.45) is 1.94. The number of rotatable bonds is 6. The van der Waals surface area contributed by atoms with Crippen molar-refractivity contribution >= 4 is 39.7 Å². The van der Waals surface area contributed by atoms with Crippen LogP contribution in [0.2, 0.25) is 0 Å². The summed E-state index contributed by atoms with van der Waals surface area (Å²) in [5.74, 6) is -0.480. The summed E-state index contributed by atoms with van der Waals surface area (Å²) in [5, 5.41) is 0. The zero-order chi connectivity index (χ0) is 14.0. The van der Waals surface area contributed by atoms with Gasteiger partial charge in [-0.05, 0) is 18.8 Å². The van der Waals surface area contributed by atoms with Crippen molar-refractivity contribution < 1.29 is 17.9 Å². The van der Waals surface area contributed by atoms with Crippen molar-refractivity contribution in [3.05, 3.63) is 11.2 Å². The van der Waals surface area contributed by atoms with Gasteiger partial charge >= 0.3 is 5.97 Å². The molecule has 1 atom stereocenters. The number of thiazole rings is 1. The number of nitrogens with two attached hydrogens (primary N) is 1. The lowest BCUT2D eigenvalue weighted by atomic mass is 10.2. The number of nitrogens with one attached hydrogen (secondary N) is 1. The Morgan fingerprint density at radius 2 is 2.30 bits per heavy atom. The molecular weight excluding hydrogens is 326 g/mol. The van der Waals surface area contributed by atoms with Gasteiger partial charge in [-0.1, -0.05) is 0 Å². The molecule has 1 aliphatic rings. The summed E-state index contributed by atoms with van der Waals surface area (Å²) >= 11 is 0.882. The summed E-state index contributed by atoms with van der Waals surface area (Å²) < 4.78 is 31.4. The first-order valence-corrected chi connectivity index (χ1v) is 8.10. The van der Waals surface area contributed by atoms with Crippen LogP contribution >= 0.6 is 23.7 Å².